The normalized spacial score (nSPS) is 11.3. The molecule has 0 fully saturated rings. The fourth-order valence-electron chi connectivity index (χ4n) is 1.61. The van der Waals surface area contributed by atoms with Crippen molar-refractivity contribution in [3.8, 4) is 0 Å². The summed E-state index contributed by atoms with van der Waals surface area (Å²) in [6.45, 7) is 7.74. The van der Waals surface area contributed by atoms with Gasteiger partial charge in [0, 0.05) is 6.54 Å². The van der Waals surface area contributed by atoms with E-state index >= 15 is 0 Å². The largest absolute Gasteiger partial charge is 0.477 e. The molecule has 1 N–H and O–H groups in total. The molecule has 22 heavy (non-hydrogen) atoms. The molecule has 6 nitrogen and oxygen atoms in total. The topological polar surface area (TPSA) is 79.7 Å². The second-order valence-electron chi connectivity index (χ2n) is 5.70. The SMILES string of the molecule is CCCCN(C(=O)OC(C)(C)C)c1nc(CCl)c(C(=O)O)s1. The van der Waals surface area contributed by atoms with Crippen molar-refractivity contribution in [2.24, 2.45) is 0 Å². The van der Waals surface area contributed by atoms with Gasteiger partial charge >= 0.3 is 12.1 Å². The summed E-state index contributed by atoms with van der Waals surface area (Å²) in [6.07, 6.45) is 1.11. The van der Waals surface area contributed by atoms with Crippen LogP contribution in [0.4, 0.5) is 9.93 Å². The molecule has 0 aliphatic rings. The van der Waals surface area contributed by atoms with Gasteiger partial charge in [0.1, 0.15) is 10.5 Å². The van der Waals surface area contributed by atoms with Crippen LogP contribution >= 0.6 is 22.9 Å². The Kier molecular flexibility index (Phi) is 6.62. The Labute approximate surface area is 139 Å². The van der Waals surface area contributed by atoms with E-state index in [1.165, 1.54) is 4.90 Å². The lowest BCUT2D eigenvalue weighted by molar-refractivity contribution is 0.0579. The van der Waals surface area contributed by atoms with Gasteiger partial charge in [-0.25, -0.2) is 14.6 Å². The molecule has 0 aliphatic carbocycles. The lowest BCUT2D eigenvalue weighted by Crippen LogP contribution is -2.37. The number of thiazole rings is 1. The van der Waals surface area contributed by atoms with Crippen molar-refractivity contribution < 1.29 is 19.4 Å². The van der Waals surface area contributed by atoms with Crippen LogP contribution < -0.4 is 4.90 Å². The smallest absolute Gasteiger partial charge is 0.416 e. The van der Waals surface area contributed by atoms with E-state index in [0.717, 1.165) is 24.2 Å². The summed E-state index contributed by atoms with van der Waals surface area (Å²) in [5.41, 5.74) is -0.372. The molecule has 0 saturated heterocycles. The molecule has 0 atom stereocenters. The van der Waals surface area contributed by atoms with E-state index in [-0.39, 0.29) is 16.5 Å². The third kappa shape index (κ3) is 5.14. The van der Waals surface area contributed by atoms with Gasteiger partial charge in [-0.3, -0.25) is 4.90 Å². The molecule has 0 saturated carbocycles. The summed E-state index contributed by atoms with van der Waals surface area (Å²) >= 11 is 6.67. The van der Waals surface area contributed by atoms with E-state index < -0.39 is 17.7 Å². The molecule has 1 rings (SSSR count). The quantitative estimate of drug-likeness (QED) is 0.782. The van der Waals surface area contributed by atoms with Crippen LogP contribution in [-0.4, -0.2) is 34.3 Å². The first-order chi connectivity index (χ1) is 10.2. The average molecular weight is 349 g/mol. The Morgan fingerprint density at radius 2 is 2.05 bits per heavy atom. The summed E-state index contributed by atoms with van der Waals surface area (Å²) in [6, 6.07) is 0. The average Bonchev–Trinajstić information content (AvgIpc) is 2.81. The number of aromatic nitrogens is 1. The van der Waals surface area contributed by atoms with Gasteiger partial charge in [-0.1, -0.05) is 24.7 Å². The van der Waals surface area contributed by atoms with Crippen molar-refractivity contribution in [2.45, 2.75) is 52.0 Å². The van der Waals surface area contributed by atoms with Gasteiger partial charge in [0.05, 0.1) is 11.6 Å². The van der Waals surface area contributed by atoms with Gasteiger partial charge in [-0.15, -0.1) is 11.6 Å². The van der Waals surface area contributed by atoms with Crippen LogP contribution in [0.3, 0.4) is 0 Å². The zero-order valence-electron chi connectivity index (χ0n) is 13.2. The van der Waals surface area contributed by atoms with Gasteiger partial charge in [-0.2, -0.15) is 0 Å². The van der Waals surface area contributed by atoms with Crippen molar-refractivity contribution in [3.63, 3.8) is 0 Å². The zero-order chi connectivity index (χ0) is 16.9. The van der Waals surface area contributed by atoms with Crippen molar-refractivity contribution in [1.82, 2.24) is 4.98 Å². The summed E-state index contributed by atoms with van der Waals surface area (Å²) in [4.78, 5) is 29.2. The first-order valence-corrected chi connectivity index (χ1v) is 8.34. The van der Waals surface area contributed by atoms with Crippen LogP contribution in [0.1, 0.15) is 55.9 Å². The Bertz CT molecular complexity index is 539. The number of rotatable bonds is 6. The number of ether oxygens (including phenoxy) is 1. The van der Waals surface area contributed by atoms with E-state index in [0.29, 0.717) is 11.7 Å². The summed E-state index contributed by atoms with van der Waals surface area (Å²) in [5.74, 6) is -1.12. The maximum atomic E-state index is 12.3. The number of hydrogen-bond donors (Lipinski definition) is 1. The number of amides is 1. The molecule has 0 aliphatic heterocycles. The van der Waals surface area contributed by atoms with Crippen molar-refractivity contribution in [3.05, 3.63) is 10.6 Å². The first kappa shape index (κ1) is 18.7. The number of aromatic carboxylic acids is 1. The second kappa shape index (κ2) is 7.78. The molecular weight excluding hydrogens is 328 g/mol. The highest BCUT2D eigenvalue weighted by atomic mass is 35.5. The van der Waals surface area contributed by atoms with Gasteiger partial charge in [0.15, 0.2) is 5.13 Å². The number of alkyl halides is 1. The lowest BCUT2D eigenvalue weighted by atomic mass is 10.2. The Morgan fingerprint density at radius 3 is 2.45 bits per heavy atom. The number of carbonyl (C=O) groups excluding carboxylic acids is 1. The molecule has 1 heterocycles. The molecule has 124 valence electrons. The van der Waals surface area contributed by atoms with E-state index in [9.17, 15) is 14.7 Å². The van der Waals surface area contributed by atoms with Crippen LogP contribution in [0.5, 0.6) is 0 Å². The number of carbonyl (C=O) groups is 2. The zero-order valence-corrected chi connectivity index (χ0v) is 14.8. The Balaban J connectivity index is 3.11. The minimum atomic E-state index is -1.10. The van der Waals surface area contributed by atoms with E-state index in [1.54, 1.807) is 20.8 Å². The minimum absolute atomic E-state index is 0.0198. The molecule has 0 radical (unpaired) electrons. The van der Waals surface area contributed by atoms with Gasteiger partial charge in [-0.05, 0) is 27.2 Å². The highest BCUT2D eigenvalue weighted by Crippen LogP contribution is 2.29. The molecule has 8 heteroatoms. The number of anilines is 1. The van der Waals surface area contributed by atoms with E-state index in [4.69, 9.17) is 16.3 Å². The minimum Gasteiger partial charge on any atom is -0.477 e. The summed E-state index contributed by atoms with van der Waals surface area (Å²) < 4.78 is 5.37. The monoisotopic (exact) mass is 348 g/mol. The second-order valence-corrected chi connectivity index (χ2v) is 6.94. The number of carboxylic acids is 1. The third-order valence-electron chi connectivity index (χ3n) is 2.59. The van der Waals surface area contributed by atoms with E-state index in [2.05, 4.69) is 4.98 Å². The Hall–Kier alpha value is -1.34. The molecule has 0 bridgehead atoms. The number of halogens is 1. The fourth-order valence-corrected chi connectivity index (χ4v) is 2.82. The van der Waals surface area contributed by atoms with Crippen molar-refractivity contribution >= 4 is 40.1 Å². The van der Waals surface area contributed by atoms with E-state index in [1.807, 2.05) is 6.92 Å². The van der Waals surface area contributed by atoms with Crippen LogP contribution in [0.2, 0.25) is 0 Å². The van der Waals surface area contributed by atoms with Gasteiger partial charge in [0.2, 0.25) is 0 Å². The highest BCUT2D eigenvalue weighted by molar-refractivity contribution is 7.17. The van der Waals surface area contributed by atoms with Crippen LogP contribution in [0.15, 0.2) is 0 Å². The Morgan fingerprint density at radius 1 is 1.41 bits per heavy atom. The highest BCUT2D eigenvalue weighted by Gasteiger charge is 2.27. The molecule has 1 amide bonds. The lowest BCUT2D eigenvalue weighted by Gasteiger charge is -2.25. The maximum Gasteiger partial charge on any atom is 0.416 e. The molecule has 0 unspecified atom stereocenters. The maximum absolute atomic E-state index is 12.3. The van der Waals surface area contributed by atoms with Crippen molar-refractivity contribution in [2.75, 3.05) is 11.4 Å². The van der Waals surface area contributed by atoms with Gasteiger partial charge in [0.25, 0.3) is 0 Å². The third-order valence-corrected chi connectivity index (χ3v) is 3.95. The van der Waals surface area contributed by atoms with Crippen molar-refractivity contribution in [1.29, 1.82) is 0 Å². The molecule has 1 aromatic rings. The van der Waals surface area contributed by atoms with Crippen LogP contribution in [0.25, 0.3) is 0 Å². The van der Waals surface area contributed by atoms with Crippen LogP contribution in [-0.2, 0) is 10.6 Å². The first-order valence-electron chi connectivity index (χ1n) is 6.99. The molecular formula is C14H21ClN2O4S. The molecule has 1 aromatic heterocycles. The standard InChI is InChI=1S/C14H21ClN2O4S/c1-5-6-7-17(13(20)21-14(2,3)4)12-16-9(8-15)10(22-12)11(18)19/h5-8H2,1-4H3,(H,18,19). The predicted molar refractivity (Wildman–Crippen MR) is 87.1 cm³/mol. The number of nitrogens with zero attached hydrogens (tertiary/aromatic N) is 2. The van der Waals surface area contributed by atoms with Crippen LogP contribution in [0, 0.1) is 0 Å². The molecule has 0 aromatic carbocycles. The fraction of sp³-hybridized carbons (Fsp3) is 0.643. The molecule has 0 spiro atoms. The number of carboxylic acid groups (broad SMARTS) is 1. The summed E-state index contributed by atoms with van der Waals surface area (Å²) in [5, 5.41) is 9.47. The summed E-state index contributed by atoms with van der Waals surface area (Å²) in [7, 11) is 0. The predicted octanol–water partition coefficient (Wildman–Crippen LogP) is 4.12. The number of hydrogen-bond acceptors (Lipinski definition) is 5. The van der Waals surface area contributed by atoms with Gasteiger partial charge < -0.3 is 9.84 Å². The number of unbranched alkanes of at least 4 members (excludes halogenated alkanes) is 1.